The maximum Gasteiger partial charge on any atom is 0.227 e. The van der Waals surface area contributed by atoms with E-state index in [1.165, 1.54) is 5.56 Å². The van der Waals surface area contributed by atoms with Crippen molar-refractivity contribution < 1.29 is 14.4 Å². The van der Waals surface area contributed by atoms with Gasteiger partial charge in [-0.25, -0.2) is 0 Å². The molecule has 6 nitrogen and oxygen atoms in total. The van der Waals surface area contributed by atoms with E-state index in [1.54, 1.807) is 0 Å². The smallest absolute Gasteiger partial charge is 0.227 e. The van der Waals surface area contributed by atoms with E-state index in [2.05, 4.69) is 36.1 Å². The van der Waals surface area contributed by atoms with Crippen molar-refractivity contribution in [3.63, 3.8) is 0 Å². The van der Waals surface area contributed by atoms with E-state index in [1.807, 2.05) is 47.4 Å². The fourth-order valence-corrected chi connectivity index (χ4v) is 4.25. The number of likely N-dealkylation sites (tertiary alicyclic amines) is 1. The maximum absolute atomic E-state index is 12.7. The Bertz CT molecular complexity index is 1010. The lowest BCUT2D eigenvalue weighted by atomic mass is 9.87. The van der Waals surface area contributed by atoms with E-state index >= 15 is 0 Å². The molecule has 168 valence electrons. The Hall–Kier alpha value is -2.99. The van der Waals surface area contributed by atoms with Crippen molar-refractivity contribution >= 4 is 5.91 Å². The molecule has 1 N–H and O–H groups in total. The van der Waals surface area contributed by atoms with Gasteiger partial charge in [-0.05, 0) is 35.8 Å². The number of aryl methyl sites for hydroxylation is 1. The Balaban J connectivity index is 1.26. The number of rotatable bonds is 7. The average molecular weight is 434 g/mol. The van der Waals surface area contributed by atoms with E-state index in [9.17, 15) is 9.90 Å². The second kappa shape index (κ2) is 10.1. The largest absolute Gasteiger partial charge is 0.388 e. The van der Waals surface area contributed by atoms with Crippen LogP contribution in [0.5, 0.6) is 0 Å². The molecule has 1 unspecified atom stereocenters. The van der Waals surface area contributed by atoms with Crippen LogP contribution in [-0.4, -0.2) is 39.1 Å². The van der Waals surface area contributed by atoms with Crippen LogP contribution in [0.4, 0.5) is 0 Å². The minimum atomic E-state index is -0.472. The molecule has 4 rings (SSSR count). The highest BCUT2D eigenvalue weighted by Gasteiger charge is 2.28. The summed E-state index contributed by atoms with van der Waals surface area (Å²) in [5.41, 5.74) is 3.13. The fourth-order valence-electron chi connectivity index (χ4n) is 4.25. The van der Waals surface area contributed by atoms with Gasteiger partial charge in [0.15, 0.2) is 0 Å². The first-order valence-corrected chi connectivity index (χ1v) is 11.4. The van der Waals surface area contributed by atoms with E-state index in [-0.39, 0.29) is 11.8 Å². The van der Waals surface area contributed by atoms with Crippen LogP contribution in [0.15, 0.2) is 59.1 Å². The van der Waals surface area contributed by atoms with Crippen LogP contribution in [0.1, 0.15) is 62.1 Å². The minimum absolute atomic E-state index is 0.0960. The summed E-state index contributed by atoms with van der Waals surface area (Å²) in [6.07, 6.45) is 1.92. The van der Waals surface area contributed by atoms with Crippen LogP contribution in [0.2, 0.25) is 0 Å². The number of piperidine rings is 1. The summed E-state index contributed by atoms with van der Waals surface area (Å²) in [7, 11) is 0. The van der Waals surface area contributed by atoms with E-state index in [0.717, 1.165) is 24.0 Å². The summed E-state index contributed by atoms with van der Waals surface area (Å²) in [4.78, 5) is 19.0. The first-order chi connectivity index (χ1) is 15.5. The molecule has 1 aromatic heterocycles. The van der Waals surface area contributed by atoms with Crippen LogP contribution in [0.3, 0.4) is 0 Å². The predicted molar refractivity (Wildman–Crippen MR) is 123 cm³/mol. The Morgan fingerprint density at radius 3 is 2.41 bits per heavy atom. The average Bonchev–Trinajstić information content (AvgIpc) is 3.32. The number of aliphatic hydroxyl groups is 1. The van der Waals surface area contributed by atoms with Gasteiger partial charge in [-0.15, -0.1) is 0 Å². The normalized spacial score (nSPS) is 15.8. The highest BCUT2D eigenvalue weighted by molar-refractivity contribution is 5.76. The molecule has 0 radical (unpaired) electrons. The number of carbonyl (C=O) groups is 1. The Labute approximate surface area is 189 Å². The molecule has 1 atom stereocenters. The topological polar surface area (TPSA) is 79.5 Å². The SMILES string of the molecule is CC(C)c1ccc(-c2noc(CCC(=O)N3CCC(C(O)c4ccccc4)CC3)n2)cc1. The van der Waals surface area contributed by atoms with Gasteiger partial charge in [0.2, 0.25) is 17.6 Å². The summed E-state index contributed by atoms with van der Waals surface area (Å²) in [5.74, 6) is 1.79. The number of benzene rings is 2. The zero-order valence-electron chi connectivity index (χ0n) is 18.8. The van der Waals surface area contributed by atoms with Crippen molar-refractivity contribution in [3.05, 3.63) is 71.6 Å². The third-order valence-electron chi connectivity index (χ3n) is 6.34. The standard InChI is InChI=1S/C26H31N3O3/c1-18(2)19-8-10-22(11-9-19)26-27-23(32-28-26)12-13-24(30)29-16-14-21(15-17-29)25(31)20-6-4-3-5-7-20/h3-11,18,21,25,31H,12-17H2,1-2H3. The van der Waals surface area contributed by atoms with E-state index < -0.39 is 6.10 Å². The van der Waals surface area contributed by atoms with Crippen LogP contribution < -0.4 is 0 Å². The maximum atomic E-state index is 12.7. The number of nitrogens with zero attached hydrogens (tertiary/aromatic N) is 3. The Kier molecular flexibility index (Phi) is 7.00. The number of aromatic nitrogens is 2. The zero-order chi connectivity index (χ0) is 22.5. The van der Waals surface area contributed by atoms with Crippen LogP contribution in [0.25, 0.3) is 11.4 Å². The highest BCUT2D eigenvalue weighted by atomic mass is 16.5. The molecule has 0 saturated carbocycles. The van der Waals surface area contributed by atoms with Crippen LogP contribution >= 0.6 is 0 Å². The summed E-state index contributed by atoms with van der Waals surface area (Å²) >= 11 is 0. The quantitative estimate of drug-likeness (QED) is 0.581. The number of amides is 1. The van der Waals surface area contributed by atoms with Crippen molar-refractivity contribution in [2.24, 2.45) is 5.92 Å². The van der Waals surface area contributed by atoms with Crippen molar-refractivity contribution in [1.82, 2.24) is 15.0 Å². The molecule has 0 bridgehead atoms. The van der Waals surface area contributed by atoms with Gasteiger partial charge in [-0.1, -0.05) is 73.6 Å². The van der Waals surface area contributed by atoms with Gasteiger partial charge in [0.05, 0.1) is 6.10 Å². The molecule has 2 aromatic carbocycles. The molecule has 6 heteroatoms. The molecule has 0 aliphatic carbocycles. The molecule has 0 spiro atoms. The third-order valence-corrected chi connectivity index (χ3v) is 6.34. The van der Waals surface area contributed by atoms with Crippen LogP contribution in [-0.2, 0) is 11.2 Å². The van der Waals surface area contributed by atoms with Gasteiger partial charge in [-0.2, -0.15) is 4.98 Å². The van der Waals surface area contributed by atoms with Gasteiger partial charge in [0.25, 0.3) is 0 Å². The number of hydrogen-bond donors (Lipinski definition) is 1. The third kappa shape index (κ3) is 5.25. The number of aliphatic hydroxyl groups excluding tert-OH is 1. The lowest BCUT2D eigenvalue weighted by Crippen LogP contribution is -2.39. The molecular formula is C26H31N3O3. The lowest BCUT2D eigenvalue weighted by molar-refractivity contribution is -0.133. The molecular weight excluding hydrogens is 402 g/mol. The molecule has 1 amide bonds. The molecule has 1 aliphatic heterocycles. The van der Waals surface area contributed by atoms with Gasteiger partial charge in [0, 0.05) is 31.5 Å². The first kappa shape index (κ1) is 22.2. The molecule has 3 aromatic rings. The van der Waals surface area contributed by atoms with Gasteiger partial charge in [-0.3, -0.25) is 4.79 Å². The zero-order valence-corrected chi connectivity index (χ0v) is 18.8. The highest BCUT2D eigenvalue weighted by Crippen LogP contribution is 2.31. The fraction of sp³-hybridized carbons (Fsp3) is 0.423. The molecule has 1 aliphatic rings. The minimum Gasteiger partial charge on any atom is -0.388 e. The number of hydrogen-bond acceptors (Lipinski definition) is 5. The van der Waals surface area contributed by atoms with E-state index in [4.69, 9.17) is 4.52 Å². The molecule has 32 heavy (non-hydrogen) atoms. The second-order valence-corrected chi connectivity index (χ2v) is 8.86. The predicted octanol–water partition coefficient (Wildman–Crippen LogP) is 4.76. The first-order valence-electron chi connectivity index (χ1n) is 11.4. The van der Waals surface area contributed by atoms with Crippen LogP contribution in [0, 0.1) is 5.92 Å². The Morgan fingerprint density at radius 2 is 1.75 bits per heavy atom. The van der Waals surface area contributed by atoms with Crippen molar-refractivity contribution in [2.75, 3.05) is 13.1 Å². The summed E-state index contributed by atoms with van der Waals surface area (Å²) < 4.78 is 5.37. The lowest BCUT2D eigenvalue weighted by Gasteiger charge is -2.34. The van der Waals surface area contributed by atoms with Crippen molar-refractivity contribution in [1.29, 1.82) is 0 Å². The molecule has 2 heterocycles. The van der Waals surface area contributed by atoms with Gasteiger partial charge >= 0.3 is 0 Å². The van der Waals surface area contributed by atoms with E-state index in [0.29, 0.717) is 43.6 Å². The Morgan fingerprint density at radius 1 is 1.06 bits per heavy atom. The monoisotopic (exact) mass is 433 g/mol. The van der Waals surface area contributed by atoms with Gasteiger partial charge in [0.1, 0.15) is 0 Å². The summed E-state index contributed by atoms with van der Waals surface area (Å²) in [6, 6.07) is 17.9. The molecule has 1 saturated heterocycles. The molecule has 1 fully saturated rings. The summed E-state index contributed by atoms with van der Waals surface area (Å²) in [6.45, 7) is 5.66. The van der Waals surface area contributed by atoms with Crippen molar-refractivity contribution in [3.8, 4) is 11.4 Å². The van der Waals surface area contributed by atoms with Gasteiger partial charge < -0.3 is 14.5 Å². The second-order valence-electron chi connectivity index (χ2n) is 8.86. The van der Waals surface area contributed by atoms with Crippen molar-refractivity contribution in [2.45, 2.75) is 51.6 Å². The summed E-state index contributed by atoms with van der Waals surface area (Å²) in [5, 5.41) is 14.7. The number of carbonyl (C=O) groups excluding carboxylic acids is 1.